The van der Waals surface area contributed by atoms with Crippen LogP contribution < -0.4 is 4.72 Å². The number of hydrazone groups is 1. The van der Waals surface area contributed by atoms with Crippen LogP contribution in [0, 0.1) is 0 Å². The monoisotopic (exact) mass is 489 g/mol. The molecule has 10 heteroatoms. The average molecular weight is 490 g/mol. The average Bonchev–Trinajstić information content (AvgIpc) is 3.20. The molecular formula is C22H20ClN3O4S2. The van der Waals surface area contributed by atoms with E-state index in [0.29, 0.717) is 28.4 Å². The van der Waals surface area contributed by atoms with E-state index in [-0.39, 0.29) is 4.90 Å². The quantitative estimate of drug-likeness (QED) is 0.559. The van der Waals surface area contributed by atoms with E-state index >= 15 is 0 Å². The number of anilines is 1. The van der Waals surface area contributed by atoms with Crippen molar-refractivity contribution in [2.24, 2.45) is 5.10 Å². The van der Waals surface area contributed by atoms with Crippen molar-refractivity contribution in [1.29, 1.82) is 0 Å². The molecule has 1 heterocycles. The Kier molecular flexibility index (Phi) is 5.98. The smallest absolute Gasteiger partial charge is 0.279 e. The molecule has 1 N–H and O–H groups in total. The minimum Gasteiger partial charge on any atom is -0.284 e. The number of benzene rings is 3. The van der Waals surface area contributed by atoms with Crippen molar-refractivity contribution >= 4 is 43.0 Å². The third-order valence-electron chi connectivity index (χ3n) is 4.91. The highest BCUT2D eigenvalue weighted by Gasteiger charge is 2.37. The third kappa shape index (κ3) is 4.79. The largest absolute Gasteiger partial charge is 0.284 e. The Hall–Kier alpha value is -2.88. The molecule has 0 saturated heterocycles. The van der Waals surface area contributed by atoms with Crippen LogP contribution in [0.15, 0.2) is 88.9 Å². The second-order valence-corrected chi connectivity index (χ2v) is 11.3. The van der Waals surface area contributed by atoms with Crippen LogP contribution in [0.2, 0.25) is 5.02 Å². The van der Waals surface area contributed by atoms with E-state index in [1.54, 1.807) is 24.3 Å². The van der Waals surface area contributed by atoms with E-state index in [2.05, 4.69) is 9.82 Å². The molecular weight excluding hydrogens is 470 g/mol. The number of nitrogens with zero attached hydrogens (tertiary/aromatic N) is 2. The van der Waals surface area contributed by atoms with Gasteiger partial charge in [-0.1, -0.05) is 54.1 Å². The Morgan fingerprint density at radius 2 is 1.62 bits per heavy atom. The molecule has 0 aliphatic carbocycles. The van der Waals surface area contributed by atoms with Gasteiger partial charge in [-0.15, -0.1) is 0 Å². The first-order valence-electron chi connectivity index (χ1n) is 9.64. The van der Waals surface area contributed by atoms with Gasteiger partial charge in [0.05, 0.1) is 22.9 Å². The summed E-state index contributed by atoms with van der Waals surface area (Å²) in [4.78, 5) is 0.0836. The second-order valence-electron chi connectivity index (χ2n) is 7.36. The number of sulfonamides is 2. The number of hydrogen-bond donors (Lipinski definition) is 1. The third-order valence-corrected chi connectivity index (χ3v) is 7.47. The molecule has 166 valence electrons. The summed E-state index contributed by atoms with van der Waals surface area (Å²) in [6.07, 6.45) is 1.40. The summed E-state index contributed by atoms with van der Waals surface area (Å²) in [5, 5.41) is 4.91. The van der Waals surface area contributed by atoms with Crippen molar-refractivity contribution in [1.82, 2.24) is 4.41 Å². The standard InChI is InChI=1S/C22H20ClN3O4S2/c1-31(27,28)25-19-9-5-8-17(14-19)21-15-22(16-6-3-2-4-7-16)26(24-21)32(29,30)20-12-10-18(23)11-13-20/h2-14,22,25H,15H2,1H3/t22-/m0/s1. The first kappa shape index (κ1) is 22.3. The van der Waals surface area contributed by atoms with Gasteiger partial charge in [-0.2, -0.15) is 17.9 Å². The molecule has 0 spiro atoms. The van der Waals surface area contributed by atoms with Gasteiger partial charge in [-0.3, -0.25) is 4.72 Å². The first-order chi connectivity index (χ1) is 15.1. The SMILES string of the molecule is CS(=O)(=O)Nc1cccc(C2=NN(S(=O)(=O)c3ccc(Cl)cc3)[C@H](c3ccccc3)C2)c1. The molecule has 0 saturated carbocycles. The Bertz CT molecular complexity index is 1370. The lowest BCUT2D eigenvalue weighted by Gasteiger charge is -2.23. The Balaban J connectivity index is 1.77. The first-order valence-corrected chi connectivity index (χ1v) is 13.3. The van der Waals surface area contributed by atoms with Crippen molar-refractivity contribution in [2.75, 3.05) is 11.0 Å². The van der Waals surface area contributed by atoms with Gasteiger partial charge in [-0.25, -0.2) is 8.42 Å². The Labute approximate surface area is 192 Å². The van der Waals surface area contributed by atoms with Crippen LogP contribution in [0.3, 0.4) is 0 Å². The van der Waals surface area contributed by atoms with E-state index in [4.69, 9.17) is 11.6 Å². The Morgan fingerprint density at radius 3 is 2.28 bits per heavy atom. The highest BCUT2D eigenvalue weighted by molar-refractivity contribution is 7.92. The fourth-order valence-corrected chi connectivity index (χ4v) is 5.61. The molecule has 3 aromatic rings. The zero-order valence-corrected chi connectivity index (χ0v) is 19.4. The molecule has 1 atom stereocenters. The van der Waals surface area contributed by atoms with Gasteiger partial charge in [0, 0.05) is 17.1 Å². The van der Waals surface area contributed by atoms with Crippen molar-refractivity contribution in [3.8, 4) is 0 Å². The van der Waals surface area contributed by atoms with Crippen LogP contribution in [0.25, 0.3) is 0 Å². The predicted molar refractivity (Wildman–Crippen MR) is 126 cm³/mol. The van der Waals surface area contributed by atoms with E-state index in [0.717, 1.165) is 16.2 Å². The van der Waals surface area contributed by atoms with Crippen LogP contribution in [0.4, 0.5) is 5.69 Å². The molecule has 0 aromatic heterocycles. The summed E-state index contributed by atoms with van der Waals surface area (Å²) in [5.74, 6) is 0. The Morgan fingerprint density at radius 1 is 0.938 bits per heavy atom. The van der Waals surface area contributed by atoms with Crippen LogP contribution in [0.1, 0.15) is 23.6 Å². The topological polar surface area (TPSA) is 95.9 Å². The lowest BCUT2D eigenvalue weighted by Crippen LogP contribution is -2.27. The van der Waals surface area contributed by atoms with Gasteiger partial charge in [-0.05, 0) is 47.5 Å². The maximum Gasteiger partial charge on any atom is 0.279 e. The summed E-state index contributed by atoms with van der Waals surface area (Å²) in [7, 11) is -7.41. The minimum atomic E-state index is -3.96. The summed E-state index contributed by atoms with van der Waals surface area (Å²) in [6.45, 7) is 0. The van der Waals surface area contributed by atoms with Crippen LogP contribution in [-0.2, 0) is 20.0 Å². The van der Waals surface area contributed by atoms with Crippen molar-refractivity contribution < 1.29 is 16.8 Å². The van der Waals surface area contributed by atoms with E-state index in [1.807, 2.05) is 30.3 Å². The highest BCUT2D eigenvalue weighted by Crippen LogP contribution is 2.37. The minimum absolute atomic E-state index is 0.0836. The fraction of sp³-hybridized carbons (Fsp3) is 0.136. The zero-order chi connectivity index (χ0) is 22.9. The number of rotatable bonds is 6. The highest BCUT2D eigenvalue weighted by atomic mass is 35.5. The molecule has 0 amide bonds. The summed E-state index contributed by atoms with van der Waals surface area (Å²) >= 11 is 5.93. The van der Waals surface area contributed by atoms with Gasteiger partial charge in [0.25, 0.3) is 10.0 Å². The van der Waals surface area contributed by atoms with Gasteiger partial charge in [0.15, 0.2) is 0 Å². The fourth-order valence-electron chi connectivity index (χ4n) is 3.50. The number of halogens is 1. The molecule has 0 bridgehead atoms. The normalized spacial score (nSPS) is 16.6. The summed E-state index contributed by atoms with van der Waals surface area (Å²) in [6, 6.07) is 21.4. The zero-order valence-electron chi connectivity index (χ0n) is 17.0. The second kappa shape index (κ2) is 8.57. The van der Waals surface area contributed by atoms with Crippen molar-refractivity contribution in [3.63, 3.8) is 0 Å². The lowest BCUT2D eigenvalue weighted by atomic mass is 9.99. The van der Waals surface area contributed by atoms with Gasteiger partial charge in [0.2, 0.25) is 10.0 Å². The number of hydrogen-bond acceptors (Lipinski definition) is 5. The number of nitrogens with one attached hydrogen (secondary N) is 1. The predicted octanol–water partition coefficient (Wildman–Crippen LogP) is 4.25. The molecule has 1 aliphatic rings. The molecule has 0 fully saturated rings. The molecule has 32 heavy (non-hydrogen) atoms. The molecule has 4 rings (SSSR count). The molecule has 7 nitrogen and oxygen atoms in total. The molecule has 0 radical (unpaired) electrons. The molecule has 1 aliphatic heterocycles. The van der Waals surface area contributed by atoms with E-state index in [9.17, 15) is 16.8 Å². The van der Waals surface area contributed by atoms with Crippen LogP contribution in [0.5, 0.6) is 0 Å². The summed E-state index contributed by atoms with van der Waals surface area (Å²) in [5.41, 5.74) is 2.35. The van der Waals surface area contributed by atoms with Crippen molar-refractivity contribution in [2.45, 2.75) is 17.4 Å². The van der Waals surface area contributed by atoms with Gasteiger partial charge in [0.1, 0.15) is 0 Å². The van der Waals surface area contributed by atoms with Crippen molar-refractivity contribution in [3.05, 3.63) is 95.0 Å². The lowest BCUT2D eigenvalue weighted by molar-refractivity contribution is 0.371. The van der Waals surface area contributed by atoms with E-state index in [1.165, 1.54) is 24.3 Å². The van der Waals surface area contributed by atoms with E-state index < -0.39 is 26.1 Å². The van der Waals surface area contributed by atoms with Crippen LogP contribution >= 0.6 is 11.6 Å². The maximum absolute atomic E-state index is 13.4. The van der Waals surface area contributed by atoms with Gasteiger partial charge >= 0.3 is 0 Å². The molecule has 0 unspecified atom stereocenters. The molecule has 3 aromatic carbocycles. The maximum atomic E-state index is 13.4. The van der Waals surface area contributed by atoms with Crippen LogP contribution in [-0.4, -0.2) is 33.2 Å². The van der Waals surface area contributed by atoms with Gasteiger partial charge < -0.3 is 0 Å². The summed E-state index contributed by atoms with van der Waals surface area (Å²) < 4.78 is 53.6.